The van der Waals surface area contributed by atoms with E-state index in [1.807, 2.05) is 43.3 Å². The number of carbonyl (C=O) groups excluding carboxylic acids is 1. The van der Waals surface area contributed by atoms with Gasteiger partial charge in [0.25, 0.3) is 0 Å². The van der Waals surface area contributed by atoms with Crippen LogP contribution in [0.25, 0.3) is 12.2 Å². The molecule has 0 aromatic heterocycles. The van der Waals surface area contributed by atoms with Gasteiger partial charge in [-0.05, 0) is 47.5 Å². The number of nitrogens with zero attached hydrogens (tertiary/aromatic N) is 2. The summed E-state index contributed by atoms with van der Waals surface area (Å²) >= 11 is 0. The molecule has 0 saturated carbocycles. The highest BCUT2D eigenvalue weighted by molar-refractivity contribution is 7.84. The first kappa shape index (κ1) is 26.8. The van der Waals surface area contributed by atoms with Crippen LogP contribution in [0.15, 0.2) is 60.7 Å². The van der Waals surface area contributed by atoms with Gasteiger partial charge in [-0.2, -0.15) is 12.7 Å². The molecule has 0 N–H and O–H groups in total. The summed E-state index contributed by atoms with van der Waals surface area (Å²) in [6, 6.07) is 14.3. The monoisotopic (exact) mass is 480 g/mol. The Bertz CT molecular complexity index is 1190. The van der Waals surface area contributed by atoms with Crippen molar-refractivity contribution in [2.24, 2.45) is 0 Å². The molecular formula is C21H24N2O7S2. The lowest BCUT2D eigenvalue weighted by Gasteiger charge is -2.12. The van der Waals surface area contributed by atoms with E-state index in [2.05, 4.69) is 0 Å². The number of carbonyl (C=O) groups is 1. The van der Waals surface area contributed by atoms with Gasteiger partial charge in [-0.15, -0.1) is 12.6 Å². The third-order valence-electron chi connectivity index (χ3n) is 3.77. The standard InChI is InChI=1S/C21H24N2O4S.O3S/c1-22(2)19-9-5-7-17(15-19)11-13-20(24)14-12-18-8-6-10-21(16-18)27-28(25,26)23(3)4;1-4(2)3/h5-16H,1-4H3;/b13-11+,14-12+;. The van der Waals surface area contributed by atoms with E-state index in [-0.39, 0.29) is 11.5 Å². The average Bonchev–Trinajstić information content (AvgIpc) is 2.70. The van der Waals surface area contributed by atoms with Crippen LogP contribution in [0.1, 0.15) is 11.1 Å². The Morgan fingerprint density at radius 1 is 0.875 bits per heavy atom. The maximum atomic E-state index is 12.1. The molecule has 2 rings (SSSR count). The van der Waals surface area contributed by atoms with E-state index in [9.17, 15) is 13.2 Å². The second-order valence-corrected chi connectivity index (χ2v) is 8.82. The Labute approximate surface area is 189 Å². The van der Waals surface area contributed by atoms with Gasteiger partial charge in [-0.1, -0.05) is 36.4 Å². The van der Waals surface area contributed by atoms with Crippen molar-refractivity contribution in [3.8, 4) is 5.75 Å². The zero-order valence-electron chi connectivity index (χ0n) is 18.0. The van der Waals surface area contributed by atoms with Crippen LogP contribution in [0, 0.1) is 0 Å². The van der Waals surface area contributed by atoms with E-state index in [4.69, 9.17) is 16.8 Å². The Morgan fingerprint density at radius 2 is 1.38 bits per heavy atom. The largest absolute Gasteiger partial charge is 0.425 e. The molecular weight excluding hydrogens is 456 g/mol. The molecule has 0 amide bonds. The van der Waals surface area contributed by atoms with Gasteiger partial charge in [-0.25, -0.2) is 0 Å². The van der Waals surface area contributed by atoms with Crippen LogP contribution in [0.2, 0.25) is 0 Å². The second kappa shape index (κ2) is 12.5. The molecule has 172 valence electrons. The molecule has 0 fully saturated rings. The van der Waals surface area contributed by atoms with Crippen molar-refractivity contribution in [3.63, 3.8) is 0 Å². The van der Waals surface area contributed by atoms with Crippen LogP contribution < -0.4 is 9.08 Å². The summed E-state index contributed by atoms with van der Waals surface area (Å²) in [4.78, 5) is 14.1. The molecule has 32 heavy (non-hydrogen) atoms. The molecule has 0 heterocycles. The first-order valence-corrected chi connectivity index (χ1v) is 11.4. The van der Waals surface area contributed by atoms with Crippen molar-refractivity contribution >= 4 is 44.5 Å². The van der Waals surface area contributed by atoms with E-state index in [1.165, 1.54) is 32.3 Å². The highest BCUT2D eigenvalue weighted by atomic mass is 32.2. The Morgan fingerprint density at radius 3 is 1.88 bits per heavy atom. The summed E-state index contributed by atoms with van der Waals surface area (Å²) in [5.74, 6) is 0.00170. The minimum Gasteiger partial charge on any atom is -0.378 e. The van der Waals surface area contributed by atoms with Crippen molar-refractivity contribution in [1.29, 1.82) is 0 Å². The van der Waals surface area contributed by atoms with Gasteiger partial charge < -0.3 is 9.08 Å². The lowest BCUT2D eigenvalue weighted by Crippen LogP contribution is -2.27. The molecule has 0 radical (unpaired) electrons. The zero-order valence-corrected chi connectivity index (χ0v) is 19.6. The molecule has 11 heteroatoms. The van der Waals surface area contributed by atoms with Gasteiger partial charge in [-0.3, -0.25) is 4.79 Å². The van der Waals surface area contributed by atoms with Crippen molar-refractivity contribution in [2.75, 3.05) is 33.1 Å². The number of ketones is 1. The summed E-state index contributed by atoms with van der Waals surface area (Å²) in [6.07, 6.45) is 6.27. The van der Waals surface area contributed by atoms with Gasteiger partial charge in [0.2, 0.25) is 0 Å². The minimum absolute atomic E-state index is 0.178. The van der Waals surface area contributed by atoms with Crippen molar-refractivity contribution in [3.05, 3.63) is 71.8 Å². The number of hydrogen-bond acceptors (Lipinski definition) is 8. The molecule has 0 bridgehead atoms. The predicted molar refractivity (Wildman–Crippen MR) is 123 cm³/mol. The van der Waals surface area contributed by atoms with E-state index < -0.39 is 20.9 Å². The maximum absolute atomic E-state index is 12.1. The van der Waals surface area contributed by atoms with Crippen LogP contribution in [0.4, 0.5) is 5.69 Å². The van der Waals surface area contributed by atoms with Crippen molar-refractivity contribution in [1.82, 2.24) is 4.31 Å². The number of allylic oxidation sites excluding steroid dienone is 2. The number of rotatable bonds is 8. The van der Waals surface area contributed by atoms with Crippen LogP contribution in [-0.2, 0) is 25.7 Å². The molecule has 0 aliphatic carbocycles. The molecule has 2 aromatic carbocycles. The van der Waals surface area contributed by atoms with E-state index >= 15 is 0 Å². The third kappa shape index (κ3) is 10.2. The summed E-state index contributed by atoms with van der Waals surface area (Å²) in [5.41, 5.74) is 2.63. The average molecular weight is 481 g/mol. The maximum Gasteiger partial charge on any atom is 0.425 e. The fourth-order valence-corrected chi connectivity index (χ4v) is 2.68. The lowest BCUT2D eigenvalue weighted by molar-refractivity contribution is -0.110. The topological polar surface area (TPSA) is 118 Å². The van der Waals surface area contributed by atoms with Crippen LogP contribution in [0.5, 0.6) is 5.75 Å². The number of anilines is 1. The molecule has 0 atom stereocenters. The van der Waals surface area contributed by atoms with Gasteiger partial charge in [0.15, 0.2) is 5.78 Å². The quantitative estimate of drug-likeness (QED) is 0.528. The summed E-state index contributed by atoms with van der Waals surface area (Å²) in [5, 5.41) is 0. The van der Waals surface area contributed by atoms with Crippen LogP contribution in [0.3, 0.4) is 0 Å². The smallest absolute Gasteiger partial charge is 0.378 e. The Kier molecular flexibility index (Phi) is 10.5. The highest BCUT2D eigenvalue weighted by Crippen LogP contribution is 2.18. The normalized spacial score (nSPS) is 11.3. The van der Waals surface area contributed by atoms with Gasteiger partial charge in [0.1, 0.15) is 5.75 Å². The van der Waals surface area contributed by atoms with Crippen molar-refractivity contribution < 1.29 is 30.0 Å². The Hall–Kier alpha value is -3.28. The van der Waals surface area contributed by atoms with E-state index in [1.54, 1.807) is 30.4 Å². The lowest BCUT2D eigenvalue weighted by atomic mass is 10.1. The molecule has 0 aliphatic heterocycles. The summed E-state index contributed by atoms with van der Waals surface area (Å²) < 4.78 is 54.9. The molecule has 0 aliphatic rings. The number of benzene rings is 2. The fraction of sp³-hybridized carbons (Fsp3) is 0.190. The first-order chi connectivity index (χ1) is 14.9. The zero-order chi connectivity index (χ0) is 24.3. The molecule has 2 aromatic rings. The van der Waals surface area contributed by atoms with E-state index in [0.717, 1.165) is 15.6 Å². The molecule has 0 saturated heterocycles. The first-order valence-electron chi connectivity index (χ1n) is 9.07. The Balaban J connectivity index is 0.00000118. The van der Waals surface area contributed by atoms with Gasteiger partial charge in [0.05, 0.1) is 0 Å². The van der Waals surface area contributed by atoms with Gasteiger partial charge >= 0.3 is 20.9 Å². The second-order valence-electron chi connectivity index (χ2n) is 6.66. The molecule has 9 nitrogen and oxygen atoms in total. The summed E-state index contributed by atoms with van der Waals surface area (Å²) in [6.45, 7) is 0. The van der Waals surface area contributed by atoms with Crippen LogP contribution in [-0.4, -0.2) is 59.3 Å². The minimum atomic E-state index is -3.82. The summed E-state index contributed by atoms with van der Waals surface area (Å²) in [7, 11) is -0.244. The third-order valence-corrected chi connectivity index (χ3v) is 5.07. The van der Waals surface area contributed by atoms with Crippen LogP contribution >= 0.6 is 0 Å². The van der Waals surface area contributed by atoms with Crippen molar-refractivity contribution in [2.45, 2.75) is 0 Å². The predicted octanol–water partition coefficient (Wildman–Crippen LogP) is 2.23. The number of hydrogen-bond donors (Lipinski definition) is 0. The van der Waals surface area contributed by atoms with E-state index in [0.29, 0.717) is 5.56 Å². The molecule has 0 unspecified atom stereocenters. The molecule has 0 spiro atoms. The SMILES string of the molecule is CN(C)c1cccc(/C=C/C(=O)/C=C/c2cccc(OS(=O)(=O)N(C)C)c2)c1.O=S(=O)=O. The van der Waals surface area contributed by atoms with Gasteiger partial charge in [0, 0.05) is 33.9 Å². The highest BCUT2D eigenvalue weighted by Gasteiger charge is 2.15. The fourth-order valence-electron chi connectivity index (χ4n) is 2.19.